The lowest BCUT2D eigenvalue weighted by Crippen LogP contribution is -3.08. The zero-order valence-electron chi connectivity index (χ0n) is 15.3. The Morgan fingerprint density at radius 2 is 1.93 bits per heavy atom. The van der Waals surface area contributed by atoms with Crippen LogP contribution in [0, 0.1) is 0 Å². The normalized spacial score (nSPS) is 12.0. The first-order valence-corrected chi connectivity index (χ1v) is 10.6. The van der Waals surface area contributed by atoms with Crippen LogP contribution in [0.4, 0.5) is 5.69 Å². The van der Waals surface area contributed by atoms with Crippen molar-refractivity contribution < 1.29 is 14.4 Å². The van der Waals surface area contributed by atoms with E-state index < -0.39 is 0 Å². The summed E-state index contributed by atoms with van der Waals surface area (Å²) in [6.45, 7) is 1.76. The van der Waals surface area contributed by atoms with Crippen LogP contribution in [0.1, 0.15) is 9.75 Å². The summed E-state index contributed by atoms with van der Waals surface area (Å²) in [6, 6.07) is 15.6. The molecule has 1 atom stereocenters. The number of hydrogen-bond acceptors (Lipinski definition) is 4. The number of ether oxygens (including phenoxy) is 1. The van der Waals surface area contributed by atoms with E-state index in [0.717, 1.165) is 32.1 Å². The predicted molar refractivity (Wildman–Crippen MR) is 113 cm³/mol. The van der Waals surface area contributed by atoms with Gasteiger partial charge in [0, 0.05) is 10.6 Å². The average molecular weight is 422 g/mol. The number of rotatable bonds is 8. The van der Waals surface area contributed by atoms with Crippen molar-refractivity contribution in [2.75, 3.05) is 25.6 Å². The largest absolute Gasteiger partial charge is 0.497 e. The Hall–Kier alpha value is -1.86. The van der Waals surface area contributed by atoms with Gasteiger partial charge in [-0.25, -0.2) is 0 Å². The molecule has 3 rings (SSSR count). The SMILES string of the molecule is COc1ccc(N(Cc2cccs2)C(=O)C[NH+](C)Cc2ccc(Cl)s2)cc1. The third kappa shape index (κ3) is 5.56. The average Bonchev–Trinajstić information content (AvgIpc) is 3.31. The van der Waals surface area contributed by atoms with Crippen LogP contribution in [0.25, 0.3) is 0 Å². The fraction of sp³-hybridized carbons (Fsp3) is 0.250. The molecule has 3 aromatic rings. The van der Waals surface area contributed by atoms with Crippen molar-refractivity contribution in [2.24, 2.45) is 0 Å². The van der Waals surface area contributed by atoms with Crippen molar-refractivity contribution >= 4 is 45.9 Å². The molecule has 2 aromatic heterocycles. The maximum atomic E-state index is 13.1. The van der Waals surface area contributed by atoms with Gasteiger partial charge in [0.2, 0.25) is 0 Å². The summed E-state index contributed by atoms with van der Waals surface area (Å²) < 4.78 is 6.01. The molecule has 0 spiro atoms. The van der Waals surface area contributed by atoms with E-state index >= 15 is 0 Å². The summed E-state index contributed by atoms with van der Waals surface area (Å²) in [5.41, 5.74) is 0.876. The van der Waals surface area contributed by atoms with Crippen molar-refractivity contribution in [1.29, 1.82) is 0 Å². The second-order valence-electron chi connectivity index (χ2n) is 6.27. The number of methoxy groups -OCH3 is 1. The Morgan fingerprint density at radius 1 is 1.15 bits per heavy atom. The number of carbonyl (C=O) groups excluding carboxylic acids is 1. The first kappa shape index (κ1) is 19.9. The molecule has 0 saturated heterocycles. The van der Waals surface area contributed by atoms with Gasteiger partial charge in [0.1, 0.15) is 12.3 Å². The number of nitrogens with one attached hydrogen (secondary N) is 1. The summed E-state index contributed by atoms with van der Waals surface area (Å²) in [7, 11) is 3.67. The molecule has 1 amide bonds. The molecule has 1 aromatic carbocycles. The Labute approximate surface area is 172 Å². The first-order valence-electron chi connectivity index (χ1n) is 8.57. The fourth-order valence-corrected chi connectivity index (χ4v) is 4.70. The first-order chi connectivity index (χ1) is 13.0. The monoisotopic (exact) mass is 421 g/mol. The summed E-state index contributed by atoms with van der Waals surface area (Å²) in [6.07, 6.45) is 0. The molecule has 7 heteroatoms. The number of amides is 1. The second kappa shape index (κ2) is 9.37. The zero-order valence-corrected chi connectivity index (χ0v) is 17.7. The lowest BCUT2D eigenvalue weighted by molar-refractivity contribution is -0.885. The molecule has 27 heavy (non-hydrogen) atoms. The zero-order chi connectivity index (χ0) is 19.2. The van der Waals surface area contributed by atoms with E-state index in [0.29, 0.717) is 13.1 Å². The van der Waals surface area contributed by atoms with Gasteiger partial charge in [-0.15, -0.1) is 22.7 Å². The molecule has 1 N–H and O–H groups in total. The third-order valence-electron chi connectivity index (χ3n) is 4.14. The maximum Gasteiger partial charge on any atom is 0.282 e. The number of carbonyl (C=O) groups is 1. The molecule has 0 radical (unpaired) electrons. The van der Waals surface area contributed by atoms with Crippen LogP contribution in [-0.4, -0.2) is 26.6 Å². The minimum atomic E-state index is 0.0914. The number of likely N-dealkylation sites (N-methyl/N-ethyl adjacent to an activating group) is 1. The van der Waals surface area contributed by atoms with Crippen LogP contribution in [0.2, 0.25) is 4.34 Å². The third-order valence-corrected chi connectivity index (χ3v) is 6.23. The standard InChI is InChI=1S/C20H21ClN2O2S2/c1-22(12-18-9-10-19(21)27-18)14-20(24)23(13-17-4-3-11-26-17)15-5-7-16(25-2)8-6-15/h3-11H,12-14H2,1-2H3/p+1. The van der Waals surface area contributed by atoms with Crippen LogP contribution >= 0.6 is 34.3 Å². The van der Waals surface area contributed by atoms with Gasteiger partial charge in [-0.05, 0) is 47.8 Å². The van der Waals surface area contributed by atoms with Crippen LogP contribution in [-0.2, 0) is 17.9 Å². The Morgan fingerprint density at radius 3 is 2.52 bits per heavy atom. The van der Waals surface area contributed by atoms with Crippen LogP contribution in [0.5, 0.6) is 5.75 Å². The van der Waals surface area contributed by atoms with E-state index in [1.807, 2.05) is 59.8 Å². The van der Waals surface area contributed by atoms with Gasteiger partial charge in [-0.3, -0.25) is 4.79 Å². The van der Waals surface area contributed by atoms with Crippen molar-refractivity contribution in [1.82, 2.24) is 0 Å². The van der Waals surface area contributed by atoms with Gasteiger partial charge in [-0.1, -0.05) is 17.7 Å². The second-order valence-corrected chi connectivity index (χ2v) is 9.11. The van der Waals surface area contributed by atoms with Gasteiger partial charge in [0.15, 0.2) is 6.54 Å². The van der Waals surface area contributed by atoms with Crippen LogP contribution < -0.4 is 14.5 Å². The summed E-state index contributed by atoms with van der Waals surface area (Å²) in [4.78, 5) is 18.4. The van der Waals surface area contributed by atoms with E-state index in [9.17, 15) is 4.79 Å². The molecule has 0 fully saturated rings. The highest BCUT2D eigenvalue weighted by Crippen LogP contribution is 2.23. The predicted octanol–water partition coefficient (Wildman–Crippen LogP) is 3.72. The summed E-state index contributed by atoms with van der Waals surface area (Å²) in [5.74, 6) is 0.869. The Bertz CT molecular complexity index is 863. The highest BCUT2D eigenvalue weighted by molar-refractivity contribution is 7.16. The topological polar surface area (TPSA) is 34.0 Å². The molecule has 4 nitrogen and oxygen atoms in total. The number of anilines is 1. The molecule has 0 aliphatic rings. The highest BCUT2D eigenvalue weighted by atomic mass is 35.5. The van der Waals surface area contributed by atoms with E-state index in [4.69, 9.17) is 16.3 Å². The molecular formula is C20H22ClN2O2S2+. The van der Waals surface area contributed by atoms with E-state index in [-0.39, 0.29) is 5.91 Å². The minimum Gasteiger partial charge on any atom is -0.497 e. The van der Waals surface area contributed by atoms with Gasteiger partial charge in [-0.2, -0.15) is 0 Å². The van der Waals surface area contributed by atoms with Crippen molar-refractivity contribution in [3.63, 3.8) is 0 Å². The molecular weight excluding hydrogens is 400 g/mol. The van der Waals surface area contributed by atoms with Crippen LogP contribution in [0.15, 0.2) is 53.9 Å². The van der Waals surface area contributed by atoms with E-state index in [2.05, 4.69) is 6.07 Å². The summed E-state index contributed by atoms with van der Waals surface area (Å²) in [5, 5.41) is 2.03. The molecule has 0 aliphatic heterocycles. The van der Waals surface area contributed by atoms with Gasteiger partial charge < -0.3 is 14.5 Å². The van der Waals surface area contributed by atoms with Crippen molar-refractivity contribution in [2.45, 2.75) is 13.1 Å². The Kier molecular flexibility index (Phi) is 6.90. The van der Waals surface area contributed by atoms with Gasteiger partial charge >= 0.3 is 0 Å². The number of quaternary nitrogens is 1. The fourth-order valence-electron chi connectivity index (χ4n) is 2.80. The molecule has 1 unspecified atom stereocenters. The quantitative estimate of drug-likeness (QED) is 0.601. The lowest BCUT2D eigenvalue weighted by atomic mass is 10.2. The van der Waals surface area contributed by atoms with Crippen molar-refractivity contribution in [3.8, 4) is 5.75 Å². The lowest BCUT2D eigenvalue weighted by Gasteiger charge is -2.24. The smallest absolute Gasteiger partial charge is 0.282 e. The summed E-state index contributed by atoms with van der Waals surface area (Å²) >= 11 is 9.23. The number of nitrogens with zero attached hydrogens (tertiary/aromatic N) is 1. The number of hydrogen-bond donors (Lipinski definition) is 1. The minimum absolute atomic E-state index is 0.0914. The number of thiophene rings is 2. The van der Waals surface area contributed by atoms with Gasteiger partial charge in [0.25, 0.3) is 5.91 Å². The van der Waals surface area contributed by atoms with Crippen LogP contribution in [0.3, 0.4) is 0 Å². The Balaban J connectivity index is 1.73. The van der Waals surface area contributed by atoms with E-state index in [1.165, 1.54) is 4.88 Å². The highest BCUT2D eigenvalue weighted by Gasteiger charge is 2.21. The van der Waals surface area contributed by atoms with Crippen molar-refractivity contribution in [3.05, 3.63) is 68.0 Å². The molecule has 0 aliphatic carbocycles. The molecule has 0 bridgehead atoms. The van der Waals surface area contributed by atoms with Gasteiger partial charge in [0.05, 0.1) is 29.9 Å². The molecule has 142 valence electrons. The molecule has 0 saturated carbocycles. The maximum absolute atomic E-state index is 13.1. The number of benzene rings is 1. The number of halogens is 1. The van der Waals surface area contributed by atoms with E-state index in [1.54, 1.807) is 29.8 Å². The molecule has 2 heterocycles.